The van der Waals surface area contributed by atoms with E-state index in [0.717, 1.165) is 11.4 Å². The van der Waals surface area contributed by atoms with Crippen LogP contribution in [0.4, 0.5) is 0 Å². The summed E-state index contributed by atoms with van der Waals surface area (Å²) in [6.45, 7) is 5.72. The van der Waals surface area contributed by atoms with Gasteiger partial charge in [0.1, 0.15) is 11.9 Å². The molecule has 106 valence electrons. The van der Waals surface area contributed by atoms with E-state index in [9.17, 15) is 4.79 Å². The van der Waals surface area contributed by atoms with Gasteiger partial charge in [0.15, 0.2) is 0 Å². The van der Waals surface area contributed by atoms with E-state index in [2.05, 4.69) is 10.3 Å². The van der Waals surface area contributed by atoms with Crippen LogP contribution in [0.3, 0.4) is 0 Å². The van der Waals surface area contributed by atoms with Crippen molar-refractivity contribution in [3.8, 4) is 0 Å². The fourth-order valence-electron chi connectivity index (χ4n) is 1.95. The van der Waals surface area contributed by atoms with Gasteiger partial charge in [-0.1, -0.05) is 51.1 Å². The van der Waals surface area contributed by atoms with Crippen LogP contribution in [-0.4, -0.2) is 15.5 Å². The summed E-state index contributed by atoms with van der Waals surface area (Å²) in [6, 6.07) is 9.67. The number of carbonyl (C=O) groups excluding carboxylic acids is 1. The third-order valence-corrected chi connectivity index (χ3v) is 3.21. The predicted molar refractivity (Wildman–Crippen MR) is 79.1 cm³/mol. The van der Waals surface area contributed by atoms with Crippen molar-refractivity contribution in [3.05, 3.63) is 54.1 Å². The minimum Gasteiger partial charge on any atom is -0.342 e. The molecule has 0 fully saturated rings. The standard InChI is InChI=1S/C16H21N3O/c1-16(2,3)15(20)18-13(12-8-6-5-7-9-12)14-17-10-11-19(14)4/h5-11,13H,1-4H3,(H,18,20). The van der Waals surface area contributed by atoms with E-state index < -0.39 is 5.41 Å². The Morgan fingerprint density at radius 1 is 1.25 bits per heavy atom. The maximum atomic E-state index is 12.3. The molecule has 0 radical (unpaired) electrons. The van der Waals surface area contributed by atoms with Gasteiger partial charge >= 0.3 is 0 Å². The SMILES string of the molecule is Cn1ccnc1C(NC(=O)C(C)(C)C)c1ccccc1. The molecule has 0 spiro atoms. The number of rotatable bonds is 3. The highest BCUT2D eigenvalue weighted by Gasteiger charge is 2.27. The molecule has 4 heteroatoms. The highest BCUT2D eigenvalue weighted by molar-refractivity contribution is 5.82. The molecule has 1 N–H and O–H groups in total. The lowest BCUT2D eigenvalue weighted by Gasteiger charge is -2.24. The Balaban J connectivity index is 2.36. The number of nitrogens with zero attached hydrogens (tertiary/aromatic N) is 2. The summed E-state index contributed by atoms with van der Waals surface area (Å²) in [7, 11) is 1.93. The van der Waals surface area contributed by atoms with Crippen molar-refractivity contribution in [2.45, 2.75) is 26.8 Å². The van der Waals surface area contributed by atoms with Crippen LogP contribution in [0.2, 0.25) is 0 Å². The van der Waals surface area contributed by atoms with E-state index in [1.54, 1.807) is 6.20 Å². The summed E-state index contributed by atoms with van der Waals surface area (Å²) in [6.07, 6.45) is 3.63. The average molecular weight is 271 g/mol. The highest BCUT2D eigenvalue weighted by Crippen LogP contribution is 2.23. The predicted octanol–water partition coefficient (Wildman–Crippen LogP) is 2.67. The fourth-order valence-corrected chi connectivity index (χ4v) is 1.95. The Hall–Kier alpha value is -2.10. The third-order valence-electron chi connectivity index (χ3n) is 3.21. The number of hydrogen-bond acceptors (Lipinski definition) is 2. The number of aromatic nitrogens is 2. The molecule has 0 aliphatic heterocycles. The molecule has 0 saturated heterocycles. The van der Waals surface area contributed by atoms with Gasteiger partial charge in [-0.3, -0.25) is 4.79 Å². The average Bonchev–Trinajstić information content (AvgIpc) is 2.81. The second-order valence-corrected chi connectivity index (χ2v) is 5.96. The Morgan fingerprint density at radius 3 is 2.40 bits per heavy atom. The van der Waals surface area contributed by atoms with Gasteiger partial charge in [0.2, 0.25) is 5.91 Å². The number of nitrogens with one attached hydrogen (secondary N) is 1. The molecule has 1 unspecified atom stereocenters. The monoisotopic (exact) mass is 271 g/mol. The van der Waals surface area contributed by atoms with E-state index in [1.807, 2.05) is 68.9 Å². The van der Waals surface area contributed by atoms with Gasteiger partial charge in [0.05, 0.1) is 0 Å². The smallest absolute Gasteiger partial charge is 0.226 e. The van der Waals surface area contributed by atoms with Gasteiger partial charge < -0.3 is 9.88 Å². The van der Waals surface area contributed by atoms with E-state index in [4.69, 9.17) is 0 Å². The summed E-state index contributed by atoms with van der Waals surface area (Å²) in [5.74, 6) is 0.836. The molecule has 20 heavy (non-hydrogen) atoms. The molecule has 1 amide bonds. The first kappa shape index (κ1) is 14.3. The maximum absolute atomic E-state index is 12.3. The van der Waals surface area contributed by atoms with Gasteiger partial charge in [-0.25, -0.2) is 4.98 Å². The number of imidazole rings is 1. The molecule has 2 aromatic rings. The fraction of sp³-hybridized carbons (Fsp3) is 0.375. The van der Waals surface area contributed by atoms with Gasteiger partial charge in [-0.2, -0.15) is 0 Å². The van der Waals surface area contributed by atoms with E-state index in [0.29, 0.717) is 0 Å². The lowest BCUT2D eigenvalue weighted by atomic mass is 9.94. The lowest BCUT2D eigenvalue weighted by molar-refractivity contribution is -0.129. The summed E-state index contributed by atoms with van der Waals surface area (Å²) in [5.41, 5.74) is 0.595. The lowest BCUT2D eigenvalue weighted by Crippen LogP contribution is -2.38. The zero-order valence-corrected chi connectivity index (χ0v) is 12.4. The summed E-state index contributed by atoms with van der Waals surface area (Å²) < 4.78 is 1.93. The number of amides is 1. The quantitative estimate of drug-likeness (QED) is 0.933. The molecular formula is C16H21N3O. The molecule has 0 aliphatic carbocycles. The van der Waals surface area contributed by atoms with Crippen LogP contribution in [0.5, 0.6) is 0 Å². The van der Waals surface area contributed by atoms with E-state index in [-0.39, 0.29) is 11.9 Å². The van der Waals surface area contributed by atoms with Crippen molar-refractivity contribution >= 4 is 5.91 Å². The van der Waals surface area contributed by atoms with Crippen LogP contribution in [0, 0.1) is 5.41 Å². The van der Waals surface area contributed by atoms with Crippen LogP contribution in [-0.2, 0) is 11.8 Å². The Kier molecular flexibility index (Phi) is 3.93. The third kappa shape index (κ3) is 3.07. The normalized spacial score (nSPS) is 13.0. The van der Waals surface area contributed by atoms with Crippen LogP contribution >= 0.6 is 0 Å². The van der Waals surface area contributed by atoms with Gasteiger partial charge in [-0.15, -0.1) is 0 Å². The molecule has 0 bridgehead atoms. The molecule has 4 nitrogen and oxygen atoms in total. The van der Waals surface area contributed by atoms with Gasteiger partial charge in [0.25, 0.3) is 0 Å². The molecule has 1 aromatic heterocycles. The van der Waals surface area contributed by atoms with Crippen LogP contribution in [0.25, 0.3) is 0 Å². The first-order valence-corrected chi connectivity index (χ1v) is 6.72. The molecular weight excluding hydrogens is 250 g/mol. The second-order valence-electron chi connectivity index (χ2n) is 5.96. The first-order valence-electron chi connectivity index (χ1n) is 6.72. The Bertz CT molecular complexity index is 581. The van der Waals surface area contributed by atoms with Crippen molar-refractivity contribution in [2.75, 3.05) is 0 Å². The van der Waals surface area contributed by atoms with Gasteiger partial charge in [-0.05, 0) is 5.56 Å². The largest absolute Gasteiger partial charge is 0.342 e. The minimum absolute atomic E-state index is 0.00866. The number of carbonyl (C=O) groups is 1. The van der Waals surface area contributed by atoms with Crippen molar-refractivity contribution in [2.24, 2.45) is 12.5 Å². The number of aryl methyl sites for hydroxylation is 1. The zero-order chi connectivity index (χ0) is 14.8. The molecule has 0 aliphatic rings. The number of hydrogen-bond donors (Lipinski definition) is 1. The Labute approximate surface area is 119 Å². The topological polar surface area (TPSA) is 46.9 Å². The van der Waals surface area contributed by atoms with Crippen molar-refractivity contribution < 1.29 is 4.79 Å². The second kappa shape index (κ2) is 5.49. The molecule has 2 rings (SSSR count). The van der Waals surface area contributed by atoms with E-state index >= 15 is 0 Å². The van der Waals surface area contributed by atoms with Crippen molar-refractivity contribution in [1.82, 2.24) is 14.9 Å². The summed E-state index contributed by atoms with van der Waals surface area (Å²) >= 11 is 0. The molecule has 0 saturated carbocycles. The van der Waals surface area contributed by atoms with Crippen molar-refractivity contribution in [1.29, 1.82) is 0 Å². The summed E-state index contributed by atoms with van der Waals surface area (Å²) in [5, 5.41) is 3.09. The van der Waals surface area contributed by atoms with Crippen LogP contribution < -0.4 is 5.32 Å². The zero-order valence-electron chi connectivity index (χ0n) is 12.4. The summed E-state index contributed by atoms with van der Waals surface area (Å²) in [4.78, 5) is 16.7. The molecule has 1 aromatic carbocycles. The minimum atomic E-state index is -0.432. The van der Waals surface area contributed by atoms with Crippen LogP contribution in [0.15, 0.2) is 42.7 Å². The maximum Gasteiger partial charge on any atom is 0.226 e. The van der Waals surface area contributed by atoms with E-state index in [1.165, 1.54) is 0 Å². The number of benzene rings is 1. The molecule has 1 heterocycles. The van der Waals surface area contributed by atoms with Gasteiger partial charge in [0, 0.05) is 24.9 Å². The van der Waals surface area contributed by atoms with Crippen molar-refractivity contribution in [3.63, 3.8) is 0 Å². The van der Waals surface area contributed by atoms with Crippen LogP contribution in [0.1, 0.15) is 38.2 Å². The highest BCUT2D eigenvalue weighted by atomic mass is 16.2. The first-order chi connectivity index (χ1) is 9.39. The molecule has 1 atom stereocenters. The Morgan fingerprint density at radius 2 is 1.90 bits per heavy atom.